The largest absolute Gasteiger partial charge is 0.377 e. The minimum Gasteiger partial charge on any atom is -0.377 e. The van der Waals surface area contributed by atoms with Gasteiger partial charge < -0.3 is 15.1 Å². The average Bonchev–Trinajstić information content (AvgIpc) is 2.43. The van der Waals surface area contributed by atoms with E-state index in [1.165, 1.54) is 0 Å². The Balaban J connectivity index is 2.58. The van der Waals surface area contributed by atoms with Gasteiger partial charge in [-0.25, -0.2) is 15.8 Å². The number of aromatic nitrogens is 2. The number of ether oxygens (including phenoxy) is 1. The first-order valence-corrected chi connectivity index (χ1v) is 7.40. The molecule has 1 heterocycles. The lowest BCUT2D eigenvalue weighted by Gasteiger charge is -2.17. The zero-order valence-corrected chi connectivity index (χ0v) is 12.7. The lowest BCUT2D eigenvalue weighted by atomic mass is 10.5. The summed E-state index contributed by atoms with van der Waals surface area (Å²) in [5.74, 6) is 7.66. The number of nitrogens with two attached hydrogens (primary N) is 1. The van der Waals surface area contributed by atoms with Gasteiger partial charge in [0.15, 0.2) is 5.82 Å². The van der Waals surface area contributed by atoms with Crippen molar-refractivity contribution in [3.05, 3.63) is 11.9 Å². The van der Waals surface area contributed by atoms with Gasteiger partial charge in [0.25, 0.3) is 0 Å². The molecule has 6 nitrogen and oxygen atoms in total. The van der Waals surface area contributed by atoms with Gasteiger partial charge in [-0.15, -0.1) is 11.8 Å². The fourth-order valence-electron chi connectivity index (χ4n) is 1.63. The highest BCUT2D eigenvalue weighted by molar-refractivity contribution is 7.99. The van der Waals surface area contributed by atoms with E-state index in [-0.39, 0.29) is 0 Å². The number of hydrazine groups is 1. The molecule has 3 N–H and O–H groups in total. The van der Waals surface area contributed by atoms with E-state index in [1.807, 2.05) is 6.07 Å². The van der Waals surface area contributed by atoms with Crippen molar-refractivity contribution in [3.63, 3.8) is 0 Å². The van der Waals surface area contributed by atoms with Crippen molar-refractivity contribution in [1.82, 2.24) is 14.9 Å². The smallest absolute Gasteiger partial charge is 0.157 e. The number of anilines is 1. The average molecular weight is 285 g/mol. The van der Waals surface area contributed by atoms with Gasteiger partial charge in [0.05, 0.1) is 0 Å². The van der Waals surface area contributed by atoms with Gasteiger partial charge in [0.2, 0.25) is 0 Å². The van der Waals surface area contributed by atoms with E-state index in [0.29, 0.717) is 18.2 Å². The molecule has 0 fully saturated rings. The minimum absolute atomic E-state index is 0.388. The summed E-state index contributed by atoms with van der Waals surface area (Å²) in [5.41, 5.74) is 2.56. The number of methoxy groups -OCH3 is 1. The van der Waals surface area contributed by atoms with Crippen LogP contribution in [0.25, 0.3) is 0 Å². The van der Waals surface area contributed by atoms with Crippen LogP contribution < -0.4 is 11.3 Å². The van der Waals surface area contributed by atoms with Crippen molar-refractivity contribution in [2.75, 3.05) is 37.9 Å². The number of nitrogens with zero attached hydrogens (tertiary/aromatic N) is 3. The Kier molecular flexibility index (Phi) is 7.73. The quantitative estimate of drug-likeness (QED) is 0.307. The van der Waals surface area contributed by atoms with E-state index in [4.69, 9.17) is 10.6 Å². The van der Waals surface area contributed by atoms with Crippen molar-refractivity contribution in [2.45, 2.75) is 25.5 Å². The van der Waals surface area contributed by atoms with Crippen LogP contribution in [0.1, 0.15) is 19.7 Å². The maximum Gasteiger partial charge on any atom is 0.157 e. The number of nitrogen functional groups attached to an aromatic ring is 1. The highest BCUT2D eigenvalue weighted by Gasteiger charge is 2.06. The lowest BCUT2D eigenvalue weighted by molar-refractivity contribution is 0.177. The first-order valence-electron chi connectivity index (χ1n) is 6.42. The van der Waals surface area contributed by atoms with Gasteiger partial charge in [-0.05, 0) is 13.1 Å². The normalized spacial score (nSPS) is 11.0. The molecule has 0 atom stereocenters. The highest BCUT2D eigenvalue weighted by Crippen LogP contribution is 2.18. The van der Waals surface area contributed by atoms with Crippen LogP contribution in [0.4, 0.5) is 5.82 Å². The van der Waals surface area contributed by atoms with Crippen LogP contribution in [-0.4, -0.2) is 47.4 Å². The van der Waals surface area contributed by atoms with Crippen LogP contribution in [0.3, 0.4) is 0 Å². The summed E-state index contributed by atoms with van der Waals surface area (Å²) >= 11 is 1.71. The monoisotopic (exact) mass is 285 g/mol. The van der Waals surface area contributed by atoms with Gasteiger partial charge in [0.1, 0.15) is 17.5 Å². The molecule has 0 aliphatic heterocycles. The number of hydrogen-bond acceptors (Lipinski definition) is 7. The Morgan fingerprint density at radius 1 is 1.37 bits per heavy atom. The third kappa shape index (κ3) is 5.73. The SMILES string of the molecule is CCN(CC)CCSc1cc(NN)nc(COC)n1. The Bertz CT molecular complexity index is 373. The second-order valence-electron chi connectivity index (χ2n) is 3.96. The van der Waals surface area contributed by atoms with Gasteiger partial charge in [0, 0.05) is 25.5 Å². The summed E-state index contributed by atoms with van der Waals surface area (Å²) < 4.78 is 5.05. The summed E-state index contributed by atoms with van der Waals surface area (Å²) in [4.78, 5) is 11.0. The summed E-state index contributed by atoms with van der Waals surface area (Å²) in [7, 11) is 1.62. The van der Waals surface area contributed by atoms with E-state index in [0.717, 1.165) is 30.4 Å². The van der Waals surface area contributed by atoms with Crippen LogP contribution in [0.15, 0.2) is 11.1 Å². The van der Waals surface area contributed by atoms with Gasteiger partial charge in [-0.2, -0.15) is 0 Å². The summed E-state index contributed by atoms with van der Waals surface area (Å²) in [5, 5.41) is 0.919. The molecule has 0 unspecified atom stereocenters. The molecule has 1 aromatic rings. The summed E-state index contributed by atoms with van der Waals surface area (Å²) in [6.45, 7) is 7.93. The molecular formula is C12H23N5OS. The van der Waals surface area contributed by atoms with Crippen molar-refractivity contribution in [1.29, 1.82) is 0 Å². The molecule has 19 heavy (non-hydrogen) atoms. The highest BCUT2D eigenvalue weighted by atomic mass is 32.2. The Hall–Kier alpha value is -0.890. The molecule has 0 spiro atoms. The number of hydrogen-bond donors (Lipinski definition) is 2. The van der Waals surface area contributed by atoms with Gasteiger partial charge in [-0.3, -0.25) is 0 Å². The van der Waals surface area contributed by atoms with Crippen molar-refractivity contribution < 1.29 is 4.74 Å². The fourth-order valence-corrected chi connectivity index (χ4v) is 2.56. The summed E-state index contributed by atoms with van der Waals surface area (Å²) in [6.07, 6.45) is 0. The van der Waals surface area contributed by atoms with Crippen molar-refractivity contribution in [3.8, 4) is 0 Å². The third-order valence-corrected chi connectivity index (χ3v) is 3.61. The lowest BCUT2D eigenvalue weighted by Crippen LogP contribution is -2.25. The fraction of sp³-hybridized carbons (Fsp3) is 0.667. The van der Waals surface area contributed by atoms with Crippen LogP contribution in [-0.2, 0) is 11.3 Å². The van der Waals surface area contributed by atoms with Crippen molar-refractivity contribution in [2.24, 2.45) is 5.84 Å². The van der Waals surface area contributed by atoms with Crippen LogP contribution in [0, 0.1) is 0 Å². The molecule has 1 rings (SSSR count). The molecule has 7 heteroatoms. The van der Waals surface area contributed by atoms with Gasteiger partial charge >= 0.3 is 0 Å². The summed E-state index contributed by atoms with van der Waals surface area (Å²) in [6, 6.07) is 1.85. The topological polar surface area (TPSA) is 76.3 Å². The minimum atomic E-state index is 0.388. The van der Waals surface area contributed by atoms with Crippen molar-refractivity contribution >= 4 is 17.6 Å². The van der Waals surface area contributed by atoms with E-state index < -0.39 is 0 Å². The Morgan fingerprint density at radius 3 is 2.68 bits per heavy atom. The van der Waals surface area contributed by atoms with Gasteiger partial charge in [-0.1, -0.05) is 13.8 Å². The molecule has 0 radical (unpaired) electrons. The standard InChI is InChI=1S/C12H23N5OS/c1-4-17(5-2)6-7-19-12-8-10(16-13)14-11(15-12)9-18-3/h8H,4-7,9,13H2,1-3H3,(H,14,15,16). The van der Waals surface area contributed by atoms with E-state index in [1.54, 1.807) is 18.9 Å². The molecule has 0 saturated heterocycles. The Morgan fingerprint density at radius 2 is 2.11 bits per heavy atom. The maximum atomic E-state index is 5.41. The predicted octanol–water partition coefficient (Wildman–Crippen LogP) is 1.34. The first kappa shape index (κ1) is 16.2. The van der Waals surface area contributed by atoms with Crippen LogP contribution >= 0.6 is 11.8 Å². The predicted molar refractivity (Wildman–Crippen MR) is 79.1 cm³/mol. The third-order valence-electron chi connectivity index (χ3n) is 2.72. The van der Waals surface area contributed by atoms with E-state index in [9.17, 15) is 0 Å². The molecule has 0 bridgehead atoms. The molecule has 0 amide bonds. The molecule has 108 valence electrons. The second-order valence-corrected chi connectivity index (χ2v) is 5.08. The van der Waals surface area contributed by atoms with E-state index >= 15 is 0 Å². The molecule has 0 aliphatic rings. The first-order chi connectivity index (χ1) is 9.23. The second kappa shape index (κ2) is 9.08. The molecule has 0 saturated carbocycles. The van der Waals surface area contributed by atoms with Crippen LogP contribution in [0.5, 0.6) is 0 Å². The maximum absolute atomic E-state index is 5.41. The molecule has 0 aliphatic carbocycles. The zero-order chi connectivity index (χ0) is 14.1. The van der Waals surface area contributed by atoms with Crippen LogP contribution in [0.2, 0.25) is 0 Å². The number of rotatable bonds is 9. The molecular weight excluding hydrogens is 262 g/mol. The zero-order valence-electron chi connectivity index (χ0n) is 11.8. The number of nitrogens with one attached hydrogen (secondary N) is 1. The Labute approximate surface area is 119 Å². The number of thioether (sulfide) groups is 1. The molecule has 0 aromatic carbocycles. The van der Waals surface area contributed by atoms with E-state index in [2.05, 4.69) is 34.1 Å². The molecule has 1 aromatic heterocycles.